The number of phenolic OH excluding ortho intramolecular Hbond substituents is 1. The van der Waals surface area contributed by atoms with Gasteiger partial charge in [0.2, 0.25) is 0 Å². The highest BCUT2D eigenvalue weighted by molar-refractivity contribution is 9.10. The molecule has 2 N–H and O–H groups in total. The van der Waals surface area contributed by atoms with Gasteiger partial charge in [-0.05, 0) is 52.7 Å². The second kappa shape index (κ2) is 4.83. The molecule has 5 heteroatoms. The minimum atomic E-state index is 0.0863. The van der Waals surface area contributed by atoms with Gasteiger partial charge in [0.1, 0.15) is 5.82 Å². The monoisotopic (exact) mass is 332 g/mol. The maximum Gasteiger partial charge on any atom is 0.172 e. The van der Waals surface area contributed by atoms with Crippen molar-refractivity contribution in [2.75, 3.05) is 7.11 Å². The number of hydrogen-bond donors (Lipinski definition) is 2. The average molecular weight is 333 g/mol. The molecule has 0 saturated heterocycles. The number of aromatic amines is 1. The summed E-state index contributed by atoms with van der Waals surface area (Å²) in [6, 6.07) is 9.63. The Bertz CT molecular complexity index is 796. The van der Waals surface area contributed by atoms with Crippen LogP contribution >= 0.6 is 15.9 Å². The van der Waals surface area contributed by atoms with Gasteiger partial charge in [0, 0.05) is 5.56 Å². The molecule has 0 fully saturated rings. The molecule has 0 aliphatic rings. The van der Waals surface area contributed by atoms with Crippen molar-refractivity contribution in [1.29, 1.82) is 0 Å². The fraction of sp³-hybridized carbons (Fsp3) is 0.133. The van der Waals surface area contributed by atoms with Crippen molar-refractivity contribution in [3.8, 4) is 22.9 Å². The zero-order valence-corrected chi connectivity index (χ0v) is 12.7. The molecule has 0 aliphatic heterocycles. The van der Waals surface area contributed by atoms with Crippen LogP contribution in [0.3, 0.4) is 0 Å². The molecule has 4 nitrogen and oxygen atoms in total. The number of aryl methyl sites for hydroxylation is 1. The molecule has 0 atom stereocenters. The van der Waals surface area contributed by atoms with Crippen LogP contribution in [-0.2, 0) is 0 Å². The normalized spacial score (nSPS) is 10.9. The molecule has 3 rings (SSSR count). The molecular formula is C15H13BrN2O2. The summed E-state index contributed by atoms with van der Waals surface area (Å²) in [5.41, 5.74) is 3.93. The lowest BCUT2D eigenvalue weighted by atomic mass is 10.2. The van der Waals surface area contributed by atoms with E-state index in [1.165, 1.54) is 12.7 Å². The highest BCUT2D eigenvalue weighted by Gasteiger charge is 2.12. The van der Waals surface area contributed by atoms with Crippen molar-refractivity contribution in [2.24, 2.45) is 0 Å². The Hall–Kier alpha value is -2.01. The van der Waals surface area contributed by atoms with Crippen LogP contribution in [0.4, 0.5) is 0 Å². The van der Waals surface area contributed by atoms with Crippen molar-refractivity contribution in [3.05, 3.63) is 40.4 Å². The number of rotatable bonds is 2. The van der Waals surface area contributed by atoms with Crippen LogP contribution in [0.15, 0.2) is 34.8 Å². The van der Waals surface area contributed by atoms with E-state index in [-0.39, 0.29) is 5.75 Å². The number of hydrogen-bond acceptors (Lipinski definition) is 3. The van der Waals surface area contributed by atoms with Gasteiger partial charge in [-0.3, -0.25) is 0 Å². The summed E-state index contributed by atoms with van der Waals surface area (Å²) in [4.78, 5) is 7.84. The molecule has 0 radical (unpaired) electrons. The van der Waals surface area contributed by atoms with E-state index in [9.17, 15) is 5.11 Å². The molecular weight excluding hydrogens is 320 g/mol. The summed E-state index contributed by atoms with van der Waals surface area (Å²) in [5.74, 6) is 1.24. The molecule has 1 heterocycles. The smallest absolute Gasteiger partial charge is 0.172 e. The van der Waals surface area contributed by atoms with E-state index in [4.69, 9.17) is 4.74 Å². The summed E-state index contributed by atoms with van der Waals surface area (Å²) in [5, 5.41) is 9.84. The molecule has 0 bridgehead atoms. The maximum atomic E-state index is 9.84. The Labute approximate surface area is 124 Å². The summed E-state index contributed by atoms with van der Waals surface area (Å²) in [6.07, 6.45) is 0. The van der Waals surface area contributed by atoms with E-state index >= 15 is 0 Å². The zero-order chi connectivity index (χ0) is 14.3. The first-order valence-corrected chi connectivity index (χ1v) is 6.91. The number of ether oxygens (including phenoxy) is 1. The second-order valence-electron chi connectivity index (χ2n) is 4.61. The first-order chi connectivity index (χ1) is 9.58. The molecule has 0 unspecified atom stereocenters. The van der Waals surface area contributed by atoms with Crippen molar-refractivity contribution in [1.82, 2.24) is 9.97 Å². The standard InChI is InChI=1S/C15H13BrN2O2/c1-8-3-4-11-12(5-8)18-15(17-11)9-6-10(16)14(19)13(7-9)20-2/h3-7,19H,1-2H3,(H,17,18). The fourth-order valence-electron chi connectivity index (χ4n) is 2.13. The van der Waals surface area contributed by atoms with E-state index in [0.29, 0.717) is 10.2 Å². The third kappa shape index (κ3) is 2.14. The summed E-state index contributed by atoms with van der Waals surface area (Å²) in [6.45, 7) is 2.04. The third-order valence-electron chi connectivity index (χ3n) is 3.16. The van der Waals surface area contributed by atoms with Gasteiger partial charge in [-0.1, -0.05) is 6.07 Å². The zero-order valence-electron chi connectivity index (χ0n) is 11.1. The van der Waals surface area contributed by atoms with Crippen LogP contribution in [0.1, 0.15) is 5.56 Å². The van der Waals surface area contributed by atoms with E-state index in [0.717, 1.165) is 22.4 Å². The number of H-pyrrole nitrogens is 1. The molecule has 20 heavy (non-hydrogen) atoms. The van der Waals surface area contributed by atoms with Gasteiger partial charge >= 0.3 is 0 Å². The fourth-order valence-corrected chi connectivity index (χ4v) is 2.57. The number of phenols is 1. The maximum absolute atomic E-state index is 9.84. The highest BCUT2D eigenvalue weighted by Crippen LogP contribution is 2.38. The second-order valence-corrected chi connectivity index (χ2v) is 5.47. The van der Waals surface area contributed by atoms with Crippen LogP contribution < -0.4 is 4.74 Å². The Morgan fingerprint density at radius 3 is 2.80 bits per heavy atom. The largest absolute Gasteiger partial charge is 0.503 e. The molecule has 2 aromatic carbocycles. The summed E-state index contributed by atoms with van der Waals surface area (Å²) >= 11 is 3.32. The minimum absolute atomic E-state index is 0.0863. The minimum Gasteiger partial charge on any atom is -0.503 e. The average Bonchev–Trinajstić information content (AvgIpc) is 2.84. The molecule has 0 aliphatic carbocycles. The van der Waals surface area contributed by atoms with Crippen molar-refractivity contribution in [2.45, 2.75) is 6.92 Å². The lowest BCUT2D eigenvalue weighted by Crippen LogP contribution is -1.87. The molecule has 0 spiro atoms. The number of aromatic hydroxyl groups is 1. The number of nitrogens with one attached hydrogen (secondary N) is 1. The van der Waals surface area contributed by atoms with E-state index in [1.807, 2.05) is 25.1 Å². The summed E-state index contributed by atoms with van der Waals surface area (Å²) in [7, 11) is 1.52. The van der Waals surface area contributed by atoms with E-state index in [2.05, 4.69) is 32.0 Å². The Kier molecular flexibility index (Phi) is 3.14. The van der Waals surface area contributed by atoms with E-state index in [1.54, 1.807) is 6.07 Å². The number of halogens is 1. The highest BCUT2D eigenvalue weighted by atomic mass is 79.9. The number of fused-ring (bicyclic) bond motifs is 1. The van der Waals surface area contributed by atoms with Crippen molar-refractivity contribution in [3.63, 3.8) is 0 Å². The van der Waals surface area contributed by atoms with Crippen LogP contribution in [0.2, 0.25) is 0 Å². The van der Waals surface area contributed by atoms with Crippen LogP contribution in [-0.4, -0.2) is 22.2 Å². The number of benzene rings is 2. The molecule has 1 aromatic heterocycles. The van der Waals surface area contributed by atoms with Gasteiger partial charge in [0.05, 0.1) is 22.6 Å². The quantitative estimate of drug-likeness (QED) is 0.745. The SMILES string of the molecule is COc1cc(-c2nc3ccc(C)cc3[nH]2)cc(Br)c1O. The van der Waals surface area contributed by atoms with Gasteiger partial charge in [-0.15, -0.1) is 0 Å². The van der Waals surface area contributed by atoms with Crippen LogP contribution in [0, 0.1) is 6.92 Å². The number of aromatic nitrogens is 2. The lowest BCUT2D eigenvalue weighted by Gasteiger charge is -2.07. The van der Waals surface area contributed by atoms with Crippen LogP contribution in [0.5, 0.6) is 11.5 Å². The lowest BCUT2D eigenvalue weighted by molar-refractivity contribution is 0.372. The van der Waals surface area contributed by atoms with Crippen molar-refractivity contribution >= 4 is 27.0 Å². The molecule has 0 saturated carbocycles. The van der Waals surface area contributed by atoms with Gasteiger partial charge < -0.3 is 14.8 Å². The number of methoxy groups -OCH3 is 1. The first-order valence-electron chi connectivity index (χ1n) is 6.11. The Morgan fingerprint density at radius 2 is 2.05 bits per heavy atom. The van der Waals surface area contributed by atoms with Gasteiger partial charge in [-0.25, -0.2) is 4.98 Å². The predicted molar refractivity (Wildman–Crippen MR) is 82.2 cm³/mol. The Balaban J connectivity index is 2.17. The Morgan fingerprint density at radius 1 is 1.25 bits per heavy atom. The predicted octanol–water partition coefficient (Wildman–Crippen LogP) is 4.02. The van der Waals surface area contributed by atoms with E-state index < -0.39 is 0 Å². The van der Waals surface area contributed by atoms with Crippen LogP contribution in [0.25, 0.3) is 22.4 Å². The number of imidazole rings is 1. The first kappa shape index (κ1) is 13.0. The van der Waals surface area contributed by atoms with Crippen molar-refractivity contribution < 1.29 is 9.84 Å². The summed E-state index contributed by atoms with van der Waals surface area (Å²) < 4.78 is 5.73. The molecule has 3 aromatic rings. The molecule has 0 amide bonds. The van der Waals surface area contributed by atoms with Gasteiger partial charge in [0.15, 0.2) is 11.5 Å². The topological polar surface area (TPSA) is 58.1 Å². The third-order valence-corrected chi connectivity index (χ3v) is 3.76. The number of nitrogens with zero attached hydrogens (tertiary/aromatic N) is 1. The van der Waals surface area contributed by atoms with Gasteiger partial charge in [0.25, 0.3) is 0 Å². The molecule has 102 valence electrons. The van der Waals surface area contributed by atoms with Gasteiger partial charge in [-0.2, -0.15) is 0 Å².